The smallest absolute Gasteiger partial charge is 0.343 e. The van der Waals surface area contributed by atoms with Gasteiger partial charge in [0.15, 0.2) is 6.29 Å². The van der Waals surface area contributed by atoms with Gasteiger partial charge >= 0.3 is 19.6 Å². The molecule has 0 saturated carbocycles. The van der Waals surface area contributed by atoms with Crippen molar-refractivity contribution in [3.05, 3.63) is 0 Å². The second kappa shape index (κ2) is 12.6. The second-order valence-electron chi connectivity index (χ2n) is 5.60. The Bertz CT molecular complexity index is 534. The molecule has 0 aromatic carbocycles. The molecule has 0 aliphatic carbocycles. The SMILES string of the molecule is CC(=O)OCC1OC(OP(=O)(NCCCl)NCCCl)C(Br)CC1OC(C)=O. The lowest BCUT2D eigenvalue weighted by Gasteiger charge is -2.39. The van der Waals surface area contributed by atoms with Crippen molar-refractivity contribution >= 4 is 58.7 Å². The van der Waals surface area contributed by atoms with Gasteiger partial charge < -0.3 is 14.2 Å². The molecule has 0 amide bonds. The number of nitrogens with one attached hydrogen (secondary N) is 2. The lowest BCUT2D eigenvalue weighted by molar-refractivity contribution is -0.209. The zero-order chi connectivity index (χ0) is 20.4. The highest BCUT2D eigenvalue weighted by molar-refractivity contribution is 9.09. The van der Waals surface area contributed by atoms with E-state index in [1.165, 1.54) is 13.8 Å². The van der Waals surface area contributed by atoms with Crippen molar-refractivity contribution in [2.24, 2.45) is 0 Å². The van der Waals surface area contributed by atoms with Crippen molar-refractivity contribution in [3.8, 4) is 0 Å². The van der Waals surface area contributed by atoms with Gasteiger partial charge in [0.25, 0.3) is 0 Å². The average molecular weight is 514 g/mol. The molecule has 4 atom stereocenters. The minimum absolute atomic E-state index is 0.138. The number of esters is 2. The van der Waals surface area contributed by atoms with E-state index < -0.39 is 42.9 Å². The van der Waals surface area contributed by atoms with Crippen LogP contribution in [-0.4, -0.2) is 66.7 Å². The molecular formula is C14H24BrCl2N2O7P. The molecule has 0 bridgehead atoms. The number of hydrogen-bond donors (Lipinski definition) is 2. The van der Waals surface area contributed by atoms with Crippen LogP contribution in [0, 0.1) is 0 Å². The van der Waals surface area contributed by atoms with Gasteiger partial charge in [0.1, 0.15) is 18.8 Å². The fourth-order valence-corrected chi connectivity index (χ4v) is 5.04. The van der Waals surface area contributed by atoms with E-state index in [4.69, 9.17) is 41.9 Å². The van der Waals surface area contributed by atoms with Crippen LogP contribution in [0.3, 0.4) is 0 Å². The molecule has 9 nitrogen and oxygen atoms in total. The van der Waals surface area contributed by atoms with Crippen LogP contribution in [0.15, 0.2) is 0 Å². The lowest BCUT2D eigenvalue weighted by Crippen LogP contribution is -2.50. The molecule has 2 N–H and O–H groups in total. The highest BCUT2D eigenvalue weighted by atomic mass is 79.9. The summed E-state index contributed by atoms with van der Waals surface area (Å²) in [6, 6.07) is 0. The van der Waals surface area contributed by atoms with Crippen LogP contribution < -0.4 is 10.2 Å². The summed E-state index contributed by atoms with van der Waals surface area (Å²) in [5.41, 5.74) is 0. The summed E-state index contributed by atoms with van der Waals surface area (Å²) in [5.74, 6) is -0.545. The van der Waals surface area contributed by atoms with Crippen LogP contribution in [0.25, 0.3) is 0 Å². The van der Waals surface area contributed by atoms with E-state index in [-0.39, 0.29) is 31.5 Å². The van der Waals surface area contributed by atoms with E-state index in [0.717, 1.165) is 0 Å². The summed E-state index contributed by atoms with van der Waals surface area (Å²) in [5, 5.41) is 5.43. The first-order valence-electron chi connectivity index (χ1n) is 8.21. The molecule has 1 aliphatic heterocycles. The molecule has 0 radical (unpaired) electrons. The Morgan fingerprint density at radius 2 is 1.78 bits per heavy atom. The molecule has 158 valence electrons. The fraction of sp³-hybridized carbons (Fsp3) is 0.857. The molecule has 1 fully saturated rings. The van der Waals surface area contributed by atoms with Crippen LogP contribution in [0.1, 0.15) is 20.3 Å². The maximum atomic E-state index is 12.9. The Balaban J connectivity index is 2.86. The van der Waals surface area contributed by atoms with Crippen molar-refractivity contribution in [3.63, 3.8) is 0 Å². The maximum absolute atomic E-state index is 12.9. The van der Waals surface area contributed by atoms with E-state index in [1.54, 1.807) is 0 Å². The molecule has 0 aromatic heterocycles. The summed E-state index contributed by atoms with van der Waals surface area (Å²) >= 11 is 14.7. The van der Waals surface area contributed by atoms with E-state index in [9.17, 15) is 14.2 Å². The minimum atomic E-state index is -3.51. The van der Waals surface area contributed by atoms with E-state index in [1.807, 2.05) is 0 Å². The summed E-state index contributed by atoms with van der Waals surface area (Å²) in [6.07, 6.45) is -2.08. The average Bonchev–Trinajstić information content (AvgIpc) is 2.59. The van der Waals surface area contributed by atoms with Crippen molar-refractivity contribution in [1.29, 1.82) is 0 Å². The molecular weight excluding hydrogens is 490 g/mol. The van der Waals surface area contributed by atoms with Crippen LogP contribution in [0.2, 0.25) is 0 Å². The van der Waals surface area contributed by atoms with E-state index in [0.29, 0.717) is 6.42 Å². The predicted molar refractivity (Wildman–Crippen MR) is 104 cm³/mol. The van der Waals surface area contributed by atoms with Crippen LogP contribution in [0.4, 0.5) is 0 Å². The molecule has 4 unspecified atom stereocenters. The Kier molecular flexibility index (Phi) is 11.7. The number of ether oxygens (including phenoxy) is 3. The first-order valence-corrected chi connectivity index (χ1v) is 11.8. The number of carbonyl (C=O) groups is 2. The standard InChI is InChI=1S/C14H24BrCl2N2O7P/c1-9(20)23-8-13-12(24-10(2)21)7-11(15)14(25-13)26-27(22,18-5-3-16)19-6-4-17/h11-14H,3-8H2,1-2H3,(H2,18,19,22). The summed E-state index contributed by atoms with van der Waals surface area (Å²) in [7, 11) is -3.51. The van der Waals surface area contributed by atoms with Crippen molar-refractivity contribution in [1.82, 2.24) is 10.2 Å². The quantitative estimate of drug-likeness (QED) is 0.244. The largest absolute Gasteiger partial charge is 0.463 e. The normalized spacial score (nSPS) is 25.8. The first-order chi connectivity index (χ1) is 12.7. The van der Waals surface area contributed by atoms with E-state index >= 15 is 0 Å². The summed E-state index contributed by atoms with van der Waals surface area (Å²) in [6.45, 7) is 2.86. The zero-order valence-corrected chi connectivity index (χ0v) is 19.0. The molecule has 0 aromatic rings. The topological polar surface area (TPSA) is 112 Å². The van der Waals surface area contributed by atoms with Crippen LogP contribution in [0.5, 0.6) is 0 Å². The van der Waals surface area contributed by atoms with Gasteiger partial charge in [-0.2, -0.15) is 0 Å². The Labute approximate surface area is 176 Å². The maximum Gasteiger partial charge on any atom is 0.343 e. The van der Waals surface area contributed by atoms with Crippen LogP contribution in [-0.2, 0) is 32.9 Å². The third-order valence-electron chi connectivity index (χ3n) is 3.33. The van der Waals surface area contributed by atoms with Gasteiger partial charge in [0, 0.05) is 45.1 Å². The highest BCUT2D eigenvalue weighted by Crippen LogP contribution is 2.43. The Hall–Kier alpha value is 0.0700. The molecule has 1 saturated heterocycles. The van der Waals surface area contributed by atoms with Gasteiger partial charge in [-0.3, -0.25) is 18.7 Å². The van der Waals surface area contributed by atoms with Gasteiger partial charge in [-0.05, 0) is 0 Å². The number of halogens is 3. The first kappa shape index (κ1) is 25.1. The lowest BCUT2D eigenvalue weighted by atomic mass is 10.1. The number of alkyl halides is 3. The fourth-order valence-electron chi connectivity index (χ4n) is 2.26. The second-order valence-corrected chi connectivity index (χ2v) is 9.47. The molecule has 0 spiro atoms. The number of carbonyl (C=O) groups excluding carboxylic acids is 2. The van der Waals surface area contributed by atoms with Gasteiger partial charge in [-0.1, -0.05) is 15.9 Å². The van der Waals surface area contributed by atoms with E-state index in [2.05, 4.69) is 26.1 Å². The molecule has 13 heteroatoms. The van der Waals surface area contributed by atoms with Gasteiger partial charge in [-0.25, -0.2) is 10.2 Å². The zero-order valence-electron chi connectivity index (χ0n) is 15.0. The van der Waals surface area contributed by atoms with Gasteiger partial charge in [0.05, 0.1) is 4.83 Å². The van der Waals surface area contributed by atoms with Gasteiger partial charge in [-0.15, -0.1) is 23.2 Å². The third kappa shape index (κ3) is 9.41. The highest BCUT2D eigenvalue weighted by Gasteiger charge is 2.43. The minimum Gasteiger partial charge on any atom is -0.463 e. The predicted octanol–water partition coefficient (Wildman–Crippen LogP) is 2.14. The molecule has 1 aliphatic rings. The van der Waals surface area contributed by atoms with Crippen molar-refractivity contribution in [2.75, 3.05) is 31.5 Å². The Morgan fingerprint density at radius 3 is 2.26 bits per heavy atom. The van der Waals surface area contributed by atoms with Crippen LogP contribution >= 0.6 is 46.8 Å². The monoisotopic (exact) mass is 512 g/mol. The molecule has 27 heavy (non-hydrogen) atoms. The number of hydrogen-bond acceptors (Lipinski definition) is 7. The number of rotatable bonds is 11. The van der Waals surface area contributed by atoms with Crippen molar-refractivity contribution < 1.29 is 32.9 Å². The molecule has 1 rings (SSSR count). The summed E-state index contributed by atoms with van der Waals surface area (Å²) in [4.78, 5) is 22.0. The molecule has 1 heterocycles. The Morgan fingerprint density at radius 1 is 1.19 bits per heavy atom. The summed E-state index contributed by atoms with van der Waals surface area (Å²) < 4.78 is 34.6. The third-order valence-corrected chi connectivity index (χ3v) is 6.29. The van der Waals surface area contributed by atoms with Crippen molar-refractivity contribution in [2.45, 2.75) is 43.6 Å². The van der Waals surface area contributed by atoms with Gasteiger partial charge in [0.2, 0.25) is 0 Å².